The summed E-state index contributed by atoms with van der Waals surface area (Å²) in [6.45, 7) is -0.116. The maximum absolute atomic E-state index is 12.1. The van der Waals surface area contributed by atoms with Crippen molar-refractivity contribution >= 4 is 29.6 Å². The molecule has 27 heavy (non-hydrogen) atoms. The Kier molecular flexibility index (Phi) is 5.77. The molecular formula is C18H16ClN3O5. The van der Waals surface area contributed by atoms with Crippen molar-refractivity contribution in [1.29, 1.82) is 0 Å². The lowest BCUT2D eigenvalue weighted by Crippen LogP contribution is -2.34. The SMILES string of the molecule is COc1ccc(Cl)cc1C=NNC(=O)CNC(=O)c1ccc2c(c1)OCO2. The third kappa shape index (κ3) is 4.68. The Morgan fingerprint density at radius 3 is 2.85 bits per heavy atom. The number of methoxy groups -OCH3 is 1. The highest BCUT2D eigenvalue weighted by atomic mass is 35.5. The minimum absolute atomic E-state index is 0.123. The van der Waals surface area contributed by atoms with Crippen molar-refractivity contribution in [2.24, 2.45) is 5.10 Å². The molecule has 1 heterocycles. The average molecular weight is 390 g/mol. The van der Waals surface area contributed by atoms with Gasteiger partial charge in [0.1, 0.15) is 5.75 Å². The van der Waals surface area contributed by atoms with Gasteiger partial charge in [-0.2, -0.15) is 5.10 Å². The Morgan fingerprint density at radius 2 is 2.04 bits per heavy atom. The molecule has 0 aromatic heterocycles. The second-order valence-electron chi connectivity index (χ2n) is 5.43. The van der Waals surface area contributed by atoms with Crippen LogP contribution in [0.15, 0.2) is 41.5 Å². The first-order valence-electron chi connectivity index (χ1n) is 7.90. The Hall–Kier alpha value is -3.26. The second-order valence-corrected chi connectivity index (χ2v) is 5.87. The molecule has 0 saturated heterocycles. The number of carbonyl (C=O) groups excluding carboxylic acids is 2. The van der Waals surface area contributed by atoms with E-state index in [1.807, 2.05) is 0 Å². The smallest absolute Gasteiger partial charge is 0.259 e. The molecule has 2 amide bonds. The van der Waals surface area contributed by atoms with E-state index in [4.69, 9.17) is 25.8 Å². The number of amides is 2. The monoisotopic (exact) mass is 389 g/mol. The van der Waals surface area contributed by atoms with Gasteiger partial charge in [-0.25, -0.2) is 5.43 Å². The van der Waals surface area contributed by atoms with Crippen molar-refractivity contribution in [3.05, 3.63) is 52.5 Å². The van der Waals surface area contributed by atoms with Crippen LogP contribution in [0.5, 0.6) is 17.2 Å². The summed E-state index contributed by atoms with van der Waals surface area (Å²) in [4.78, 5) is 23.9. The number of ether oxygens (including phenoxy) is 3. The molecule has 2 N–H and O–H groups in total. The summed E-state index contributed by atoms with van der Waals surface area (Å²) < 4.78 is 15.6. The summed E-state index contributed by atoms with van der Waals surface area (Å²) >= 11 is 5.92. The number of fused-ring (bicyclic) bond motifs is 1. The number of hydrogen-bond donors (Lipinski definition) is 2. The zero-order valence-corrected chi connectivity index (χ0v) is 15.1. The standard InChI is InChI=1S/C18H16ClN3O5/c1-25-14-5-3-13(19)6-12(14)8-21-22-17(23)9-20-18(24)11-2-4-15-16(7-11)27-10-26-15/h2-8H,9-10H2,1H3,(H,20,24)(H,22,23). The van der Waals surface area contributed by atoms with Gasteiger partial charge in [0.05, 0.1) is 19.9 Å². The van der Waals surface area contributed by atoms with E-state index in [2.05, 4.69) is 15.8 Å². The molecule has 0 radical (unpaired) electrons. The highest BCUT2D eigenvalue weighted by Gasteiger charge is 2.16. The summed E-state index contributed by atoms with van der Waals surface area (Å²) in [6, 6.07) is 9.81. The Bertz CT molecular complexity index is 901. The molecule has 0 bridgehead atoms. The van der Waals surface area contributed by atoms with Crippen molar-refractivity contribution in [2.75, 3.05) is 20.4 Å². The summed E-state index contributed by atoms with van der Waals surface area (Å²) in [5.74, 6) is 0.737. The molecule has 1 aliphatic rings. The van der Waals surface area contributed by atoms with Gasteiger partial charge in [-0.1, -0.05) is 11.6 Å². The van der Waals surface area contributed by atoms with Gasteiger partial charge in [0, 0.05) is 16.1 Å². The van der Waals surface area contributed by atoms with Gasteiger partial charge >= 0.3 is 0 Å². The third-order valence-corrected chi connectivity index (χ3v) is 3.86. The Balaban J connectivity index is 1.51. The van der Waals surface area contributed by atoms with Crippen LogP contribution in [-0.2, 0) is 4.79 Å². The summed E-state index contributed by atoms with van der Waals surface area (Å²) in [5.41, 5.74) is 3.29. The van der Waals surface area contributed by atoms with Crippen molar-refractivity contribution in [3.8, 4) is 17.2 Å². The van der Waals surface area contributed by atoms with Crippen molar-refractivity contribution in [2.45, 2.75) is 0 Å². The fourth-order valence-electron chi connectivity index (χ4n) is 2.32. The molecule has 2 aromatic rings. The van der Waals surface area contributed by atoms with Crippen LogP contribution in [0, 0.1) is 0 Å². The quantitative estimate of drug-likeness (QED) is 0.581. The van der Waals surface area contributed by atoms with E-state index in [-0.39, 0.29) is 13.3 Å². The molecule has 3 rings (SSSR count). The highest BCUT2D eigenvalue weighted by molar-refractivity contribution is 6.30. The van der Waals surface area contributed by atoms with E-state index in [0.717, 1.165) is 0 Å². The van der Waals surface area contributed by atoms with Crippen LogP contribution in [0.2, 0.25) is 5.02 Å². The van der Waals surface area contributed by atoms with Gasteiger partial charge < -0.3 is 19.5 Å². The Morgan fingerprint density at radius 1 is 1.22 bits per heavy atom. The molecule has 0 unspecified atom stereocenters. The second kappa shape index (κ2) is 8.41. The minimum atomic E-state index is -0.485. The molecule has 0 saturated carbocycles. The van der Waals surface area contributed by atoms with E-state index in [9.17, 15) is 9.59 Å². The predicted molar refractivity (Wildman–Crippen MR) is 98.6 cm³/mol. The van der Waals surface area contributed by atoms with Crippen LogP contribution in [0.25, 0.3) is 0 Å². The first-order valence-corrected chi connectivity index (χ1v) is 8.28. The zero-order valence-electron chi connectivity index (χ0n) is 14.3. The van der Waals surface area contributed by atoms with Crippen LogP contribution >= 0.6 is 11.6 Å². The number of hydrogen-bond acceptors (Lipinski definition) is 6. The van der Waals surface area contributed by atoms with Crippen molar-refractivity contribution in [3.63, 3.8) is 0 Å². The molecule has 2 aromatic carbocycles. The molecule has 0 atom stereocenters. The number of benzene rings is 2. The Labute approximate surface area is 160 Å². The molecule has 140 valence electrons. The molecule has 8 nitrogen and oxygen atoms in total. The summed E-state index contributed by atoms with van der Waals surface area (Å²) in [7, 11) is 1.52. The largest absolute Gasteiger partial charge is 0.496 e. The number of nitrogens with one attached hydrogen (secondary N) is 2. The molecule has 9 heteroatoms. The number of halogens is 1. The lowest BCUT2D eigenvalue weighted by atomic mass is 10.2. The lowest BCUT2D eigenvalue weighted by molar-refractivity contribution is -0.120. The van der Waals surface area contributed by atoms with Crippen LogP contribution in [0.4, 0.5) is 0 Å². The van der Waals surface area contributed by atoms with Crippen LogP contribution in [0.1, 0.15) is 15.9 Å². The minimum Gasteiger partial charge on any atom is -0.496 e. The highest BCUT2D eigenvalue weighted by Crippen LogP contribution is 2.32. The normalized spacial score (nSPS) is 12.1. The van der Waals surface area contributed by atoms with Gasteiger partial charge in [0.15, 0.2) is 11.5 Å². The van der Waals surface area contributed by atoms with E-state index in [1.165, 1.54) is 13.3 Å². The molecule has 0 aliphatic carbocycles. The van der Waals surface area contributed by atoms with Gasteiger partial charge in [0.25, 0.3) is 11.8 Å². The summed E-state index contributed by atoms with van der Waals surface area (Å²) in [5, 5.41) is 6.85. The molecule has 1 aliphatic heterocycles. The van der Waals surface area contributed by atoms with Gasteiger partial charge in [-0.15, -0.1) is 0 Å². The zero-order chi connectivity index (χ0) is 19.2. The summed E-state index contributed by atoms with van der Waals surface area (Å²) in [6.07, 6.45) is 1.41. The molecule has 0 spiro atoms. The van der Waals surface area contributed by atoms with Crippen molar-refractivity contribution in [1.82, 2.24) is 10.7 Å². The fourth-order valence-corrected chi connectivity index (χ4v) is 2.50. The van der Waals surface area contributed by atoms with E-state index >= 15 is 0 Å². The van der Waals surface area contributed by atoms with Crippen molar-refractivity contribution < 1.29 is 23.8 Å². The third-order valence-electron chi connectivity index (χ3n) is 3.63. The maximum atomic E-state index is 12.1. The van der Waals surface area contributed by atoms with E-state index in [1.54, 1.807) is 36.4 Å². The predicted octanol–water partition coefficient (Wildman–Crippen LogP) is 1.96. The number of nitrogens with zero attached hydrogens (tertiary/aromatic N) is 1. The first-order chi connectivity index (χ1) is 13.1. The number of rotatable bonds is 6. The van der Waals surface area contributed by atoms with Crippen LogP contribution in [0.3, 0.4) is 0 Å². The molecular weight excluding hydrogens is 374 g/mol. The number of carbonyl (C=O) groups is 2. The van der Waals surface area contributed by atoms with Gasteiger partial charge in [0.2, 0.25) is 6.79 Å². The lowest BCUT2D eigenvalue weighted by Gasteiger charge is -2.06. The topological polar surface area (TPSA) is 98.2 Å². The van der Waals surface area contributed by atoms with E-state index in [0.29, 0.717) is 33.4 Å². The maximum Gasteiger partial charge on any atom is 0.259 e. The average Bonchev–Trinajstić information content (AvgIpc) is 3.14. The van der Waals surface area contributed by atoms with Crippen LogP contribution in [-0.4, -0.2) is 38.5 Å². The van der Waals surface area contributed by atoms with Gasteiger partial charge in [-0.3, -0.25) is 9.59 Å². The van der Waals surface area contributed by atoms with Crippen LogP contribution < -0.4 is 25.0 Å². The van der Waals surface area contributed by atoms with Gasteiger partial charge in [-0.05, 0) is 36.4 Å². The number of hydrazone groups is 1. The molecule has 0 fully saturated rings. The first kappa shape index (κ1) is 18.5. The fraction of sp³-hybridized carbons (Fsp3) is 0.167. The van der Waals surface area contributed by atoms with E-state index < -0.39 is 11.8 Å².